The molecule has 7 heteroatoms. The molecule has 0 aromatic heterocycles. The van der Waals surface area contributed by atoms with Gasteiger partial charge in [-0.25, -0.2) is 0 Å². The van der Waals surface area contributed by atoms with Gasteiger partial charge in [-0.2, -0.15) is 0 Å². The average molecular weight is 380 g/mol. The highest BCUT2D eigenvalue weighted by molar-refractivity contribution is 9.10. The second-order valence-electron chi connectivity index (χ2n) is 4.74. The summed E-state index contributed by atoms with van der Waals surface area (Å²) in [7, 11) is 1.50. The third-order valence-corrected chi connectivity index (χ3v) is 3.65. The molecule has 1 amide bonds. The van der Waals surface area contributed by atoms with E-state index in [1.54, 1.807) is 6.07 Å². The van der Waals surface area contributed by atoms with E-state index in [9.17, 15) is 4.79 Å². The number of primary amides is 1. The van der Waals surface area contributed by atoms with Gasteiger partial charge in [-0.1, -0.05) is 15.9 Å². The Hall–Kier alpha value is -2.41. The molecule has 0 aliphatic heterocycles. The lowest BCUT2D eigenvalue weighted by Crippen LogP contribution is -2.15. The summed E-state index contributed by atoms with van der Waals surface area (Å²) in [4.78, 5) is 11.2. The fraction of sp³-hybridized carbons (Fsp3) is 0.188. The lowest BCUT2D eigenvalue weighted by molar-refractivity contribution is 0.1000. The molecule has 0 saturated heterocycles. The topological polar surface area (TPSA) is 99.6 Å². The largest absolute Gasteiger partial charge is 0.494 e. The van der Waals surface area contributed by atoms with E-state index in [4.69, 9.17) is 20.9 Å². The Bertz CT molecular complexity index is 690. The van der Waals surface area contributed by atoms with Crippen LogP contribution in [0.4, 0.5) is 11.4 Å². The lowest BCUT2D eigenvalue weighted by Gasteiger charge is -2.15. The molecule has 0 aliphatic carbocycles. The quantitative estimate of drug-likeness (QED) is 0.507. The van der Waals surface area contributed by atoms with Crippen molar-refractivity contribution in [3.8, 4) is 11.5 Å². The summed E-state index contributed by atoms with van der Waals surface area (Å²) in [5, 5.41) is 3.14. The van der Waals surface area contributed by atoms with Crippen molar-refractivity contribution in [2.75, 3.05) is 31.3 Å². The third-order valence-electron chi connectivity index (χ3n) is 3.12. The molecular formula is C16H18BrN3O3. The number of carbonyl (C=O) groups excluding carboxylic acids is 1. The Morgan fingerprint density at radius 1 is 1.26 bits per heavy atom. The number of rotatable bonds is 7. The normalized spacial score (nSPS) is 10.2. The van der Waals surface area contributed by atoms with Crippen molar-refractivity contribution in [2.45, 2.75) is 0 Å². The van der Waals surface area contributed by atoms with Crippen LogP contribution in [-0.2, 0) is 0 Å². The molecule has 2 rings (SSSR count). The number of anilines is 2. The molecule has 0 fully saturated rings. The van der Waals surface area contributed by atoms with E-state index in [0.29, 0.717) is 35.8 Å². The van der Waals surface area contributed by atoms with E-state index in [-0.39, 0.29) is 0 Å². The highest BCUT2D eigenvalue weighted by Gasteiger charge is 2.12. The molecule has 2 aromatic carbocycles. The predicted molar refractivity (Wildman–Crippen MR) is 94.1 cm³/mol. The Balaban J connectivity index is 1.97. The summed E-state index contributed by atoms with van der Waals surface area (Å²) in [6.07, 6.45) is 0. The van der Waals surface area contributed by atoms with Crippen molar-refractivity contribution in [2.24, 2.45) is 5.73 Å². The van der Waals surface area contributed by atoms with Crippen LogP contribution < -0.4 is 26.3 Å². The third kappa shape index (κ3) is 4.53. The van der Waals surface area contributed by atoms with Gasteiger partial charge in [-0.3, -0.25) is 4.79 Å². The molecule has 0 radical (unpaired) electrons. The number of ether oxygens (including phenoxy) is 2. The molecule has 0 bridgehead atoms. The van der Waals surface area contributed by atoms with Gasteiger partial charge < -0.3 is 26.3 Å². The van der Waals surface area contributed by atoms with Crippen LogP contribution in [0, 0.1) is 0 Å². The molecule has 5 N–H and O–H groups in total. The van der Waals surface area contributed by atoms with Crippen molar-refractivity contribution in [1.29, 1.82) is 0 Å². The van der Waals surface area contributed by atoms with Gasteiger partial charge in [-0.05, 0) is 36.4 Å². The summed E-state index contributed by atoms with van der Waals surface area (Å²) >= 11 is 3.37. The average Bonchev–Trinajstić information content (AvgIpc) is 2.53. The Labute approximate surface area is 142 Å². The summed E-state index contributed by atoms with van der Waals surface area (Å²) in [5.41, 5.74) is 12.5. The first-order valence-electron chi connectivity index (χ1n) is 6.91. The first-order valence-corrected chi connectivity index (χ1v) is 7.70. The first kappa shape index (κ1) is 17.0. The minimum Gasteiger partial charge on any atom is -0.494 e. The summed E-state index contributed by atoms with van der Waals surface area (Å²) < 4.78 is 11.9. The maximum atomic E-state index is 11.2. The number of methoxy groups -OCH3 is 1. The molecule has 122 valence electrons. The van der Waals surface area contributed by atoms with E-state index in [0.717, 1.165) is 10.2 Å². The second-order valence-corrected chi connectivity index (χ2v) is 5.65. The maximum absolute atomic E-state index is 11.2. The van der Waals surface area contributed by atoms with Crippen LogP contribution in [0.5, 0.6) is 11.5 Å². The van der Waals surface area contributed by atoms with E-state index >= 15 is 0 Å². The van der Waals surface area contributed by atoms with Crippen LogP contribution in [0.3, 0.4) is 0 Å². The van der Waals surface area contributed by atoms with Gasteiger partial charge in [0, 0.05) is 16.6 Å². The molecule has 6 nitrogen and oxygen atoms in total. The molecule has 0 atom stereocenters. The zero-order valence-electron chi connectivity index (χ0n) is 12.6. The SMILES string of the molecule is COc1cc(C(N)=O)cc(N)c1NCCOc1ccc(Br)cc1. The monoisotopic (exact) mass is 379 g/mol. The highest BCUT2D eigenvalue weighted by Crippen LogP contribution is 2.32. The van der Waals surface area contributed by atoms with Crippen LogP contribution in [0.25, 0.3) is 0 Å². The molecular weight excluding hydrogens is 362 g/mol. The Kier molecular flexibility index (Phi) is 5.70. The van der Waals surface area contributed by atoms with Crippen molar-refractivity contribution in [3.63, 3.8) is 0 Å². The van der Waals surface area contributed by atoms with Crippen molar-refractivity contribution in [3.05, 3.63) is 46.4 Å². The molecule has 0 aliphatic rings. The van der Waals surface area contributed by atoms with Gasteiger partial charge in [0.05, 0.1) is 12.8 Å². The van der Waals surface area contributed by atoms with Crippen molar-refractivity contribution < 1.29 is 14.3 Å². The standard InChI is InChI=1S/C16H18BrN3O3/c1-22-14-9-10(16(19)21)8-13(18)15(14)20-6-7-23-12-4-2-11(17)3-5-12/h2-5,8-9,20H,6-7,18H2,1H3,(H2,19,21). The van der Waals surface area contributed by atoms with E-state index < -0.39 is 5.91 Å². The zero-order valence-corrected chi connectivity index (χ0v) is 14.2. The number of halogens is 1. The van der Waals surface area contributed by atoms with Gasteiger partial charge >= 0.3 is 0 Å². The van der Waals surface area contributed by atoms with Crippen LogP contribution in [0.15, 0.2) is 40.9 Å². The highest BCUT2D eigenvalue weighted by atomic mass is 79.9. The van der Waals surface area contributed by atoms with Crippen molar-refractivity contribution >= 4 is 33.2 Å². The van der Waals surface area contributed by atoms with Gasteiger partial charge in [0.1, 0.15) is 23.8 Å². The fourth-order valence-corrected chi connectivity index (χ4v) is 2.27. The number of nitrogen functional groups attached to an aromatic ring is 1. The maximum Gasteiger partial charge on any atom is 0.248 e. The van der Waals surface area contributed by atoms with Crippen LogP contribution >= 0.6 is 15.9 Å². The number of carbonyl (C=O) groups is 1. The second kappa shape index (κ2) is 7.73. The smallest absolute Gasteiger partial charge is 0.248 e. The molecule has 0 unspecified atom stereocenters. The van der Waals surface area contributed by atoms with E-state index in [1.165, 1.54) is 13.2 Å². The van der Waals surface area contributed by atoms with E-state index in [1.807, 2.05) is 24.3 Å². The van der Waals surface area contributed by atoms with Gasteiger partial charge in [0.25, 0.3) is 0 Å². The number of amides is 1. The zero-order chi connectivity index (χ0) is 16.8. The summed E-state index contributed by atoms with van der Waals surface area (Å²) in [6.45, 7) is 0.967. The van der Waals surface area contributed by atoms with Gasteiger partial charge in [-0.15, -0.1) is 0 Å². The predicted octanol–water partition coefficient (Wildman–Crippen LogP) is 2.63. The van der Waals surface area contributed by atoms with Crippen LogP contribution in [-0.4, -0.2) is 26.2 Å². The Morgan fingerprint density at radius 3 is 2.57 bits per heavy atom. The molecule has 0 heterocycles. The minimum absolute atomic E-state index is 0.302. The fourth-order valence-electron chi connectivity index (χ4n) is 2.01. The molecule has 0 saturated carbocycles. The number of benzene rings is 2. The minimum atomic E-state index is -0.555. The van der Waals surface area contributed by atoms with E-state index in [2.05, 4.69) is 21.2 Å². The van der Waals surface area contributed by atoms with Crippen molar-refractivity contribution in [1.82, 2.24) is 0 Å². The number of nitrogens with one attached hydrogen (secondary N) is 1. The summed E-state index contributed by atoms with van der Waals surface area (Å²) in [6, 6.07) is 10.6. The van der Waals surface area contributed by atoms with Gasteiger partial charge in [0.15, 0.2) is 0 Å². The van der Waals surface area contributed by atoms with Gasteiger partial charge in [0.2, 0.25) is 5.91 Å². The molecule has 2 aromatic rings. The number of hydrogen-bond donors (Lipinski definition) is 3. The Morgan fingerprint density at radius 2 is 1.96 bits per heavy atom. The van der Waals surface area contributed by atoms with Crippen LogP contribution in [0.2, 0.25) is 0 Å². The molecule has 23 heavy (non-hydrogen) atoms. The summed E-state index contributed by atoms with van der Waals surface area (Å²) in [5.74, 6) is 0.682. The number of hydrogen-bond acceptors (Lipinski definition) is 5. The lowest BCUT2D eigenvalue weighted by atomic mass is 10.1. The number of nitrogens with two attached hydrogens (primary N) is 2. The molecule has 0 spiro atoms. The first-order chi connectivity index (χ1) is 11.0. The van der Waals surface area contributed by atoms with Crippen LogP contribution in [0.1, 0.15) is 10.4 Å².